The minimum absolute atomic E-state index is 0.134. The van der Waals surface area contributed by atoms with Gasteiger partial charge in [-0.1, -0.05) is 24.3 Å². The van der Waals surface area contributed by atoms with Crippen LogP contribution in [0.4, 0.5) is 5.69 Å². The number of anilines is 1. The molecule has 0 atom stereocenters. The summed E-state index contributed by atoms with van der Waals surface area (Å²) in [6, 6.07) is 15.0. The van der Waals surface area contributed by atoms with E-state index >= 15 is 0 Å². The summed E-state index contributed by atoms with van der Waals surface area (Å²) in [6.07, 6.45) is 3.66. The highest BCUT2D eigenvalue weighted by molar-refractivity contribution is 9.10. The van der Waals surface area contributed by atoms with Gasteiger partial charge in [-0.2, -0.15) is 5.10 Å². The van der Waals surface area contributed by atoms with E-state index < -0.39 is 0 Å². The third kappa shape index (κ3) is 4.09. The van der Waals surface area contributed by atoms with E-state index in [1.54, 1.807) is 6.20 Å². The van der Waals surface area contributed by atoms with Crippen LogP contribution < -0.4 is 5.32 Å². The zero-order valence-corrected chi connectivity index (χ0v) is 15.2. The molecule has 0 fully saturated rings. The molecule has 1 amide bonds. The van der Waals surface area contributed by atoms with Crippen molar-refractivity contribution in [3.8, 4) is 0 Å². The Hall–Kier alpha value is -1.92. The molecule has 0 radical (unpaired) electrons. The zero-order chi connectivity index (χ0) is 16.2. The quantitative estimate of drug-likeness (QED) is 0.646. The van der Waals surface area contributed by atoms with Crippen LogP contribution in [0.3, 0.4) is 0 Å². The highest BCUT2D eigenvalue weighted by Crippen LogP contribution is 2.22. The summed E-state index contributed by atoms with van der Waals surface area (Å²) < 4.78 is 3.64. The fourth-order valence-corrected chi connectivity index (χ4v) is 2.84. The van der Waals surface area contributed by atoms with Crippen LogP contribution in [-0.4, -0.2) is 15.7 Å². The number of nitrogens with one attached hydrogen (secondary N) is 1. The fourth-order valence-electron chi connectivity index (χ4n) is 2.13. The van der Waals surface area contributed by atoms with Gasteiger partial charge in [0.05, 0.1) is 22.9 Å². The fraction of sp³-hybridized carbons (Fsp3) is 0.0588. The van der Waals surface area contributed by atoms with Crippen molar-refractivity contribution in [2.75, 3.05) is 5.32 Å². The Morgan fingerprint density at radius 2 is 1.83 bits per heavy atom. The van der Waals surface area contributed by atoms with Gasteiger partial charge in [0.15, 0.2) is 0 Å². The molecule has 1 aromatic heterocycles. The Morgan fingerprint density at radius 3 is 2.48 bits per heavy atom. The highest BCUT2D eigenvalue weighted by atomic mass is 79.9. The maximum absolute atomic E-state index is 12.3. The standard InChI is InChI=1S/C17H13Br2N3O/c18-14-9-20-22(11-14)10-12-5-7-13(8-6-12)17(23)21-16-4-2-1-3-15(16)19/h1-9,11H,10H2,(H,21,23). The van der Waals surface area contributed by atoms with E-state index in [1.165, 1.54) is 0 Å². The van der Waals surface area contributed by atoms with Crippen LogP contribution in [0, 0.1) is 0 Å². The van der Waals surface area contributed by atoms with Gasteiger partial charge in [0.1, 0.15) is 0 Å². The molecule has 0 saturated carbocycles. The molecule has 4 nitrogen and oxygen atoms in total. The minimum atomic E-state index is -0.134. The van der Waals surface area contributed by atoms with Crippen molar-refractivity contribution in [1.29, 1.82) is 0 Å². The normalized spacial score (nSPS) is 10.5. The summed E-state index contributed by atoms with van der Waals surface area (Å²) in [5.41, 5.74) is 2.45. The summed E-state index contributed by atoms with van der Waals surface area (Å²) in [4.78, 5) is 12.3. The van der Waals surface area contributed by atoms with Gasteiger partial charge in [0, 0.05) is 16.2 Å². The molecule has 0 aliphatic carbocycles. The third-order valence-corrected chi connectivity index (χ3v) is 4.39. The van der Waals surface area contributed by atoms with Crippen LogP contribution in [-0.2, 0) is 6.54 Å². The monoisotopic (exact) mass is 433 g/mol. The first kappa shape index (κ1) is 16.0. The van der Waals surface area contributed by atoms with Crippen molar-refractivity contribution in [2.24, 2.45) is 0 Å². The van der Waals surface area contributed by atoms with Gasteiger partial charge in [0.2, 0.25) is 0 Å². The average Bonchev–Trinajstić information content (AvgIpc) is 2.95. The van der Waals surface area contributed by atoms with E-state index in [1.807, 2.05) is 59.4 Å². The minimum Gasteiger partial charge on any atom is -0.321 e. The van der Waals surface area contributed by atoms with Gasteiger partial charge in [-0.05, 0) is 61.7 Å². The molecule has 3 aromatic rings. The van der Waals surface area contributed by atoms with E-state index in [9.17, 15) is 4.79 Å². The maximum atomic E-state index is 12.3. The molecule has 0 aliphatic rings. The van der Waals surface area contributed by atoms with Crippen LogP contribution in [0.1, 0.15) is 15.9 Å². The largest absolute Gasteiger partial charge is 0.321 e. The van der Waals surface area contributed by atoms with Crippen LogP contribution in [0.5, 0.6) is 0 Å². The summed E-state index contributed by atoms with van der Waals surface area (Å²) in [6.45, 7) is 0.664. The predicted molar refractivity (Wildman–Crippen MR) is 97.6 cm³/mol. The van der Waals surface area contributed by atoms with Crippen LogP contribution >= 0.6 is 31.9 Å². The van der Waals surface area contributed by atoms with Crippen molar-refractivity contribution in [3.63, 3.8) is 0 Å². The second-order valence-electron chi connectivity index (χ2n) is 4.99. The third-order valence-electron chi connectivity index (χ3n) is 3.28. The average molecular weight is 435 g/mol. The number of halogens is 2. The Labute approximate surface area is 150 Å². The van der Waals surface area contributed by atoms with Crippen LogP contribution in [0.15, 0.2) is 69.9 Å². The van der Waals surface area contributed by atoms with Crippen LogP contribution in [0.2, 0.25) is 0 Å². The molecule has 0 saturated heterocycles. The second-order valence-corrected chi connectivity index (χ2v) is 6.76. The van der Waals surface area contributed by atoms with E-state index in [2.05, 4.69) is 42.3 Å². The Kier molecular flexibility index (Phi) is 4.93. The topological polar surface area (TPSA) is 46.9 Å². The van der Waals surface area contributed by atoms with Gasteiger partial charge < -0.3 is 5.32 Å². The molecule has 6 heteroatoms. The van der Waals surface area contributed by atoms with Gasteiger partial charge in [-0.25, -0.2) is 0 Å². The maximum Gasteiger partial charge on any atom is 0.255 e. The van der Waals surface area contributed by atoms with Crippen molar-refractivity contribution >= 4 is 43.5 Å². The first-order chi connectivity index (χ1) is 11.1. The number of carbonyl (C=O) groups excluding carboxylic acids is 1. The molecule has 0 bridgehead atoms. The number of hydrogen-bond acceptors (Lipinski definition) is 2. The number of rotatable bonds is 4. The van der Waals surface area contributed by atoms with Crippen LogP contribution in [0.25, 0.3) is 0 Å². The summed E-state index contributed by atoms with van der Waals surface area (Å²) in [5, 5.41) is 7.11. The lowest BCUT2D eigenvalue weighted by Gasteiger charge is -2.08. The Balaban J connectivity index is 1.69. The molecule has 1 heterocycles. The Bertz CT molecular complexity index is 828. The zero-order valence-electron chi connectivity index (χ0n) is 12.0. The van der Waals surface area contributed by atoms with Gasteiger partial charge >= 0.3 is 0 Å². The Morgan fingerprint density at radius 1 is 1.09 bits per heavy atom. The van der Waals surface area contributed by atoms with E-state index in [0.717, 1.165) is 20.2 Å². The number of amides is 1. The van der Waals surface area contributed by atoms with Gasteiger partial charge in [-0.3, -0.25) is 9.48 Å². The second kappa shape index (κ2) is 7.10. The molecule has 23 heavy (non-hydrogen) atoms. The van der Waals surface area contributed by atoms with Crippen molar-refractivity contribution in [3.05, 3.63) is 81.0 Å². The number of hydrogen-bond donors (Lipinski definition) is 1. The number of nitrogens with zero attached hydrogens (tertiary/aromatic N) is 2. The van der Waals surface area contributed by atoms with E-state index in [0.29, 0.717) is 12.1 Å². The van der Waals surface area contributed by atoms with Gasteiger partial charge in [0.25, 0.3) is 5.91 Å². The number of benzene rings is 2. The summed E-state index contributed by atoms with van der Waals surface area (Å²) in [5.74, 6) is -0.134. The molecule has 2 aromatic carbocycles. The first-order valence-corrected chi connectivity index (χ1v) is 8.53. The summed E-state index contributed by atoms with van der Waals surface area (Å²) in [7, 11) is 0. The highest BCUT2D eigenvalue weighted by Gasteiger charge is 2.08. The van der Waals surface area contributed by atoms with Crippen molar-refractivity contribution in [1.82, 2.24) is 9.78 Å². The molecule has 0 aliphatic heterocycles. The van der Waals surface area contributed by atoms with Crippen molar-refractivity contribution in [2.45, 2.75) is 6.54 Å². The molecule has 0 spiro atoms. The van der Waals surface area contributed by atoms with E-state index in [-0.39, 0.29) is 5.91 Å². The molecule has 3 rings (SSSR count). The lowest BCUT2D eigenvalue weighted by Crippen LogP contribution is -2.12. The molecular formula is C17H13Br2N3O. The number of para-hydroxylation sites is 1. The number of aromatic nitrogens is 2. The SMILES string of the molecule is O=C(Nc1ccccc1Br)c1ccc(Cn2cc(Br)cn2)cc1. The summed E-state index contributed by atoms with van der Waals surface area (Å²) >= 11 is 6.79. The molecule has 116 valence electrons. The first-order valence-electron chi connectivity index (χ1n) is 6.94. The molecular weight excluding hydrogens is 422 g/mol. The number of carbonyl (C=O) groups is 1. The predicted octanol–water partition coefficient (Wildman–Crippen LogP) is 4.71. The lowest BCUT2D eigenvalue weighted by molar-refractivity contribution is 0.102. The molecule has 1 N–H and O–H groups in total. The van der Waals surface area contributed by atoms with Gasteiger partial charge in [-0.15, -0.1) is 0 Å². The van der Waals surface area contributed by atoms with Crippen molar-refractivity contribution < 1.29 is 4.79 Å². The smallest absolute Gasteiger partial charge is 0.255 e. The molecule has 0 unspecified atom stereocenters. The van der Waals surface area contributed by atoms with E-state index in [4.69, 9.17) is 0 Å². The lowest BCUT2D eigenvalue weighted by atomic mass is 10.1.